The highest BCUT2D eigenvalue weighted by molar-refractivity contribution is 7.89. The van der Waals surface area contributed by atoms with E-state index in [2.05, 4.69) is 25.2 Å². The van der Waals surface area contributed by atoms with E-state index in [9.17, 15) is 13.2 Å². The molecule has 0 saturated heterocycles. The number of allylic oxidation sites excluding steroid dienone is 3. The first-order valence-corrected chi connectivity index (χ1v) is 10.3. The zero-order valence-electron chi connectivity index (χ0n) is 15.3. The normalized spacial score (nSPS) is 20.3. The zero-order valence-corrected chi connectivity index (χ0v) is 16.1. The van der Waals surface area contributed by atoms with E-state index in [4.69, 9.17) is 0 Å². The Bertz CT molecular complexity index is 924. The van der Waals surface area contributed by atoms with Crippen LogP contribution in [0, 0.1) is 0 Å². The molecule has 0 bridgehead atoms. The van der Waals surface area contributed by atoms with Crippen molar-refractivity contribution >= 4 is 21.5 Å². The number of carbonyl (C=O) groups excluding carboxylic acids is 1. The third-order valence-corrected chi connectivity index (χ3v) is 6.32. The Morgan fingerprint density at radius 1 is 1.31 bits per heavy atom. The molecule has 1 N–H and O–H groups in total. The van der Waals surface area contributed by atoms with E-state index < -0.39 is 10.0 Å². The minimum Gasteiger partial charge on any atom is -0.379 e. The van der Waals surface area contributed by atoms with Crippen molar-refractivity contribution in [3.05, 3.63) is 65.4 Å². The molecule has 0 spiro atoms. The fraction of sp³-hybridized carbons (Fsp3) is 0.350. The second-order valence-electron chi connectivity index (χ2n) is 7.21. The molecular weight excluding hydrogens is 348 g/mol. The molecule has 0 saturated carbocycles. The van der Waals surface area contributed by atoms with Gasteiger partial charge in [-0.1, -0.05) is 30.3 Å². The molecule has 3 rings (SSSR count). The van der Waals surface area contributed by atoms with Gasteiger partial charge in [0, 0.05) is 34.6 Å². The lowest BCUT2D eigenvalue weighted by molar-refractivity contribution is -0.111. The Kier molecular flexibility index (Phi) is 4.80. The van der Waals surface area contributed by atoms with E-state index in [-0.39, 0.29) is 23.6 Å². The number of nitrogens with one attached hydrogen (secondary N) is 1. The highest BCUT2D eigenvalue weighted by atomic mass is 32.2. The van der Waals surface area contributed by atoms with E-state index in [1.165, 1.54) is 16.1 Å². The van der Waals surface area contributed by atoms with Crippen LogP contribution in [0.5, 0.6) is 0 Å². The van der Waals surface area contributed by atoms with Gasteiger partial charge in [0.05, 0.1) is 12.3 Å². The molecule has 5 nitrogen and oxygen atoms in total. The first kappa shape index (κ1) is 18.5. The lowest BCUT2D eigenvalue weighted by Crippen LogP contribution is -2.43. The standard InChI is InChI=1S/C20H24N2O3S/c1-4-26(24,25)22-11-9-15(10-12-22)19(23)13-18-17-8-6-5-7-16(17)14-20(2,3)21-18/h5-11,13,21H,4,12,14H2,1-3H3/b18-13-. The van der Waals surface area contributed by atoms with Crippen LogP contribution in [0.1, 0.15) is 31.9 Å². The van der Waals surface area contributed by atoms with Gasteiger partial charge in [-0.3, -0.25) is 9.10 Å². The van der Waals surface area contributed by atoms with Gasteiger partial charge in [0.2, 0.25) is 10.0 Å². The van der Waals surface area contributed by atoms with Gasteiger partial charge >= 0.3 is 0 Å². The third-order valence-electron chi connectivity index (χ3n) is 4.61. The number of nitrogens with zero attached hydrogens (tertiary/aromatic N) is 1. The van der Waals surface area contributed by atoms with E-state index in [0.717, 1.165) is 17.7 Å². The quantitative estimate of drug-likeness (QED) is 0.825. The number of sulfonamides is 1. The summed E-state index contributed by atoms with van der Waals surface area (Å²) < 4.78 is 25.0. The maximum Gasteiger partial charge on any atom is 0.234 e. The maximum absolute atomic E-state index is 12.7. The van der Waals surface area contributed by atoms with Gasteiger partial charge in [0.15, 0.2) is 5.78 Å². The molecule has 2 heterocycles. The van der Waals surface area contributed by atoms with E-state index in [0.29, 0.717) is 5.57 Å². The van der Waals surface area contributed by atoms with Crippen molar-refractivity contribution in [2.75, 3.05) is 12.3 Å². The molecule has 1 aromatic carbocycles. The molecule has 6 heteroatoms. The second-order valence-corrected chi connectivity index (χ2v) is 9.42. The number of rotatable bonds is 4. The van der Waals surface area contributed by atoms with Crippen LogP contribution in [-0.4, -0.2) is 36.3 Å². The molecule has 2 aliphatic heterocycles. The van der Waals surface area contributed by atoms with Gasteiger partial charge in [0.25, 0.3) is 0 Å². The number of ketones is 1. The lowest BCUT2D eigenvalue weighted by atomic mass is 9.85. The lowest BCUT2D eigenvalue weighted by Gasteiger charge is -2.35. The van der Waals surface area contributed by atoms with Crippen LogP contribution in [0.4, 0.5) is 0 Å². The predicted molar refractivity (Wildman–Crippen MR) is 104 cm³/mol. The third kappa shape index (κ3) is 3.75. The number of hydrogen-bond acceptors (Lipinski definition) is 4. The topological polar surface area (TPSA) is 66.5 Å². The largest absolute Gasteiger partial charge is 0.379 e. The molecule has 26 heavy (non-hydrogen) atoms. The van der Waals surface area contributed by atoms with Crippen LogP contribution >= 0.6 is 0 Å². The average molecular weight is 372 g/mol. The molecule has 2 aliphatic rings. The molecule has 0 fully saturated rings. The molecule has 138 valence electrons. The van der Waals surface area contributed by atoms with Crippen LogP contribution in [-0.2, 0) is 21.2 Å². The van der Waals surface area contributed by atoms with Gasteiger partial charge in [0.1, 0.15) is 0 Å². The number of fused-ring (bicyclic) bond motifs is 1. The smallest absolute Gasteiger partial charge is 0.234 e. The molecule has 0 radical (unpaired) electrons. The molecule has 0 aliphatic carbocycles. The summed E-state index contributed by atoms with van der Waals surface area (Å²) in [4.78, 5) is 12.7. The Morgan fingerprint density at radius 2 is 2.04 bits per heavy atom. The minimum atomic E-state index is -3.29. The zero-order chi connectivity index (χ0) is 18.9. The number of benzene rings is 1. The maximum atomic E-state index is 12.7. The fourth-order valence-electron chi connectivity index (χ4n) is 3.25. The Balaban J connectivity index is 1.85. The van der Waals surface area contributed by atoms with Crippen LogP contribution in [0.2, 0.25) is 0 Å². The van der Waals surface area contributed by atoms with Crippen LogP contribution in [0.25, 0.3) is 5.70 Å². The van der Waals surface area contributed by atoms with Crippen molar-refractivity contribution in [3.8, 4) is 0 Å². The summed E-state index contributed by atoms with van der Waals surface area (Å²) in [5, 5.41) is 3.44. The Hall–Kier alpha value is -2.34. The fourth-order valence-corrected chi connectivity index (χ4v) is 4.13. The van der Waals surface area contributed by atoms with Gasteiger partial charge in [-0.15, -0.1) is 0 Å². The molecule has 1 aromatic rings. The summed E-state index contributed by atoms with van der Waals surface area (Å²) in [6.07, 6.45) is 7.19. The summed E-state index contributed by atoms with van der Waals surface area (Å²) in [6.45, 7) is 6.00. The van der Waals surface area contributed by atoms with E-state index >= 15 is 0 Å². The summed E-state index contributed by atoms with van der Waals surface area (Å²) in [7, 11) is -3.29. The van der Waals surface area contributed by atoms with Gasteiger partial charge in [-0.25, -0.2) is 8.42 Å². The average Bonchev–Trinajstić information content (AvgIpc) is 2.61. The predicted octanol–water partition coefficient (Wildman–Crippen LogP) is 2.63. The molecular formula is C20H24N2O3S. The van der Waals surface area contributed by atoms with Crippen LogP contribution in [0.3, 0.4) is 0 Å². The number of carbonyl (C=O) groups is 1. The van der Waals surface area contributed by atoms with E-state index in [1.54, 1.807) is 25.2 Å². The highest BCUT2D eigenvalue weighted by Crippen LogP contribution is 2.29. The summed E-state index contributed by atoms with van der Waals surface area (Å²) in [6, 6.07) is 8.07. The monoisotopic (exact) mass is 372 g/mol. The van der Waals surface area contributed by atoms with Crippen molar-refractivity contribution in [2.24, 2.45) is 0 Å². The Morgan fingerprint density at radius 3 is 2.69 bits per heavy atom. The summed E-state index contributed by atoms with van der Waals surface area (Å²) in [5.41, 5.74) is 3.42. The molecule has 0 unspecified atom stereocenters. The summed E-state index contributed by atoms with van der Waals surface area (Å²) >= 11 is 0. The van der Waals surface area contributed by atoms with E-state index in [1.807, 2.05) is 18.2 Å². The van der Waals surface area contributed by atoms with Crippen molar-refractivity contribution in [1.29, 1.82) is 0 Å². The van der Waals surface area contributed by atoms with Gasteiger partial charge < -0.3 is 5.32 Å². The van der Waals surface area contributed by atoms with Crippen molar-refractivity contribution in [3.63, 3.8) is 0 Å². The first-order chi connectivity index (χ1) is 12.2. The highest BCUT2D eigenvalue weighted by Gasteiger charge is 2.28. The Labute approximate surface area is 155 Å². The first-order valence-electron chi connectivity index (χ1n) is 8.72. The second kappa shape index (κ2) is 6.76. The van der Waals surface area contributed by atoms with Crippen LogP contribution < -0.4 is 5.32 Å². The minimum absolute atomic E-state index is 0.0360. The van der Waals surface area contributed by atoms with Crippen molar-refractivity contribution in [2.45, 2.75) is 32.7 Å². The van der Waals surface area contributed by atoms with Crippen molar-refractivity contribution < 1.29 is 13.2 Å². The molecule has 0 amide bonds. The number of hydrogen-bond donors (Lipinski definition) is 1. The summed E-state index contributed by atoms with van der Waals surface area (Å²) in [5.74, 6) is -0.0984. The SMILES string of the molecule is CCS(=O)(=O)N1C=CC(C(=O)/C=C2\NC(C)(C)Cc3ccccc32)=CC1. The molecule has 0 aromatic heterocycles. The van der Waals surface area contributed by atoms with Crippen molar-refractivity contribution in [1.82, 2.24) is 9.62 Å². The van der Waals surface area contributed by atoms with Gasteiger partial charge in [-0.2, -0.15) is 0 Å². The van der Waals surface area contributed by atoms with Gasteiger partial charge in [-0.05, 0) is 38.8 Å². The molecule has 0 atom stereocenters. The van der Waals surface area contributed by atoms with Crippen LogP contribution in [0.15, 0.2) is 54.3 Å².